The van der Waals surface area contributed by atoms with Gasteiger partial charge in [-0.1, -0.05) is 23.7 Å². The maximum atomic E-state index is 12.3. The van der Waals surface area contributed by atoms with Gasteiger partial charge in [0.05, 0.1) is 36.0 Å². The predicted molar refractivity (Wildman–Crippen MR) is 102 cm³/mol. The Hall–Kier alpha value is -3.19. The molecule has 2 aromatic carbocycles. The van der Waals surface area contributed by atoms with Crippen molar-refractivity contribution in [3.05, 3.63) is 69.5 Å². The third-order valence-corrected chi connectivity index (χ3v) is 4.30. The average Bonchev–Trinajstić information content (AvgIpc) is 2.68. The summed E-state index contributed by atoms with van der Waals surface area (Å²) in [6, 6.07) is 11.7. The fourth-order valence-corrected chi connectivity index (χ4v) is 2.83. The van der Waals surface area contributed by atoms with Crippen LogP contribution in [0.25, 0.3) is 10.9 Å². The fourth-order valence-electron chi connectivity index (χ4n) is 2.64. The van der Waals surface area contributed by atoms with Gasteiger partial charge in [0.25, 0.3) is 0 Å². The Morgan fingerprint density at radius 2 is 2.00 bits per heavy atom. The van der Waals surface area contributed by atoms with Gasteiger partial charge < -0.3 is 10.1 Å². The number of rotatable bonds is 5. The molecule has 0 bridgehead atoms. The Kier molecular flexibility index (Phi) is 5.52. The molecule has 0 radical (unpaired) electrons. The molecule has 1 N–H and O–H groups in total. The summed E-state index contributed by atoms with van der Waals surface area (Å²) in [7, 11) is 1.26. The highest BCUT2D eigenvalue weighted by Crippen LogP contribution is 2.21. The van der Waals surface area contributed by atoms with Crippen molar-refractivity contribution in [2.24, 2.45) is 0 Å². The number of carbonyl (C=O) groups is 2. The minimum absolute atomic E-state index is 0.135. The van der Waals surface area contributed by atoms with Crippen LogP contribution >= 0.6 is 11.6 Å². The zero-order chi connectivity index (χ0) is 19.4. The SMILES string of the molecule is COC(=O)c1cc(NC(=O)CCn2ncc(=O)c3ccccc32)ccc1Cl. The third-order valence-electron chi connectivity index (χ3n) is 3.97. The van der Waals surface area contributed by atoms with Crippen LogP contribution in [0.3, 0.4) is 0 Å². The lowest BCUT2D eigenvalue weighted by Crippen LogP contribution is -2.18. The standard InChI is InChI=1S/C19H16ClN3O4/c1-27-19(26)14-10-12(6-7-15(14)20)22-18(25)8-9-23-16-5-3-2-4-13(16)17(24)11-21-23/h2-7,10-11H,8-9H2,1H3,(H,22,25). The van der Waals surface area contributed by atoms with E-state index in [2.05, 4.69) is 15.2 Å². The van der Waals surface area contributed by atoms with Crippen LogP contribution in [0.5, 0.6) is 0 Å². The van der Waals surface area contributed by atoms with E-state index >= 15 is 0 Å². The molecular formula is C19H16ClN3O4. The number of fused-ring (bicyclic) bond motifs is 1. The number of methoxy groups -OCH3 is 1. The summed E-state index contributed by atoms with van der Waals surface area (Å²) in [5.41, 5.74) is 1.10. The summed E-state index contributed by atoms with van der Waals surface area (Å²) in [4.78, 5) is 35.8. The monoisotopic (exact) mass is 385 g/mol. The number of nitrogens with zero attached hydrogens (tertiary/aromatic N) is 2. The first-order valence-electron chi connectivity index (χ1n) is 8.12. The van der Waals surface area contributed by atoms with Gasteiger partial charge >= 0.3 is 5.97 Å². The first kappa shape index (κ1) is 18.6. The number of hydrogen-bond acceptors (Lipinski definition) is 5. The van der Waals surface area contributed by atoms with E-state index in [-0.39, 0.29) is 28.3 Å². The van der Waals surface area contributed by atoms with Gasteiger partial charge in [0.1, 0.15) is 0 Å². The highest BCUT2D eigenvalue weighted by atomic mass is 35.5. The Morgan fingerprint density at radius 1 is 1.22 bits per heavy atom. The fraction of sp³-hybridized carbons (Fsp3) is 0.158. The number of anilines is 1. The number of aromatic nitrogens is 2. The summed E-state index contributed by atoms with van der Waals surface area (Å²) in [6.07, 6.45) is 1.37. The molecule has 0 aliphatic rings. The molecule has 0 atom stereocenters. The normalized spacial score (nSPS) is 10.6. The summed E-state index contributed by atoms with van der Waals surface area (Å²) < 4.78 is 6.27. The molecule has 0 saturated heterocycles. The van der Waals surface area contributed by atoms with Crippen molar-refractivity contribution in [1.82, 2.24) is 9.78 Å². The lowest BCUT2D eigenvalue weighted by molar-refractivity contribution is -0.116. The second-order valence-corrected chi connectivity index (χ2v) is 6.14. The van der Waals surface area contributed by atoms with E-state index in [1.165, 1.54) is 25.4 Å². The molecule has 0 aliphatic carbocycles. The van der Waals surface area contributed by atoms with Crippen molar-refractivity contribution < 1.29 is 14.3 Å². The van der Waals surface area contributed by atoms with Crippen LogP contribution in [0, 0.1) is 0 Å². The lowest BCUT2D eigenvalue weighted by atomic mass is 10.2. The van der Waals surface area contributed by atoms with Crippen LogP contribution in [-0.2, 0) is 16.1 Å². The van der Waals surface area contributed by atoms with Crippen LogP contribution in [0.15, 0.2) is 53.5 Å². The van der Waals surface area contributed by atoms with Gasteiger partial charge in [0.15, 0.2) is 0 Å². The van der Waals surface area contributed by atoms with Gasteiger partial charge in [-0.15, -0.1) is 0 Å². The van der Waals surface area contributed by atoms with E-state index in [4.69, 9.17) is 11.6 Å². The molecule has 3 rings (SSSR count). The summed E-state index contributed by atoms with van der Waals surface area (Å²) in [6.45, 7) is 0.296. The van der Waals surface area contributed by atoms with Gasteiger partial charge in [-0.2, -0.15) is 5.10 Å². The number of ether oxygens (including phenoxy) is 1. The molecule has 3 aromatic rings. The Morgan fingerprint density at radius 3 is 2.78 bits per heavy atom. The Balaban J connectivity index is 1.72. The van der Waals surface area contributed by atoms with Crippen LogP contribution in [0.1, 0.15) is 16.8 Å². The molecule has 7 nitrogen and oxygen atoms in total. The van der Waals surface area contributed by atoms with E-state index in [9.17, 15) is 14.4 Å². The van der Waals surface area contributed by atoms with Gasteiger partial charge in [-0.05, 0) is 30.3 Å². The smallest absolute Gasteiger partial charge is 0.339 e. The summed E-state index contributed by atoms with van der Waals surface area (Å²) in [5.74, 6) is -0.849. The van der Waals surface area contributed by atoms with E-state index in [0.29, 0.717) is 23.1 Å². The number of amides is 1. The average molecular weight is 386 g/mol. The van der Waals surface area contributed by atoms with Crippen molar-refractivity contribution in [3.63, 3.8) is 0 Å². The highest BCUT2D eigenvalue weighted by Gasteiger charge is 2.13. The van der Waals surface area contributed by atoms with Gasteiger partial charge in [-0.25, -0.2) is 4.79 Å². The number of para-hydroxylation sites is 1. The highest BCUT2D eigenvalue weighted by molar-refractivity contribution is 6.33. The van der Waals surface area contributed by atoms with E-state index in [1.807, 2.05) is 6.07 Å². The van der Waals surface area contributed by atoms with Crippen molar-refractivity contribution in [2.75, 3.05) is 12.4 Å². The molecule has 1 heterocycles. The van der Waals surface area contributed by atoms with Crippen LogP contribution in [0.4, 0.5) is 5.69 Å². The predicted octanol–water partition coefficient (Wildman–Crippen LogP) is 2.87. The van der Waals surface area contributed by atoms with Crippen LogP contribution in [-0.4, -0.2) is 28.8 Å². The van der Waals surface area contributed by atoms with E-state index in [0.717, 1.165) is 0 Å². The number of benzene rings is 2. The minimum atomic E-state index is -0.583. The quantitative estimate of drug-likeness (QED) is 0.682. The molecule has 138 valence electrons. The number of aryl methyl sites for hydroxylation is 1. The molecule has 0 saturated carbocycles. The van der Waals surface area contributed by atoms with Gasteiger partial charge in [-0.3, -0.25) is 14.3 Å². The zero-order valence-electron chi connectivity index (χ0n) is 14.4. The molecule has 0 aliphatic heterocycles. The van der Waals surface area contributed by atoms with Crippen molar-refractivity contribution >= 4 is 40.1 Å². The Bertz CT molecular complexity index is 1080. The molecule has 0 fully saturated rings. The topological polar surface area (TPSA) is 90.3 Å². The number of esters is 1. The van der Waals surface area contributed by atoms with Gasteiger partial charge in [0, 0.05) is 17.5 Å². The second kappa shape index (κ2) is 8.01. The maximum Gasteiger partial charge on any atom is 0.339 e. The van der Waals surface area contributed by atoms with E-state index in [1.54, 1.807) is 28.9 Å². The van der Waals surface area contributed by atoms with Crippen molar-refractivity contribution in [2.45, 2.75) is 13.0 Å². The first-order chi connectivity index (χ1) is 13.0. The second-order valence-electron chi connectivity index (χ2n) is 5.73. The first-order valence-corrected chi connectivity index (χ1v) is 8.50. The lowest BCUT2D eigenvalue weighted by Gasteiger charge is -2.10. The van der Waals surface area contributed by atoms with Crippen molar-refractivity contribution in [1.29, 1.82) is 0 Å². The zero-order valence-corrected chi connectivity index (χ0v) is 15.2. The number of carbonyl (C=O) groups excluding carboxylic acids is 2. The van der Waals surface area contributed by atoms with Gasteiger partial charge in [0.2, 0.25) is 11.3 Å². The maximum absolute atomic E-state index is 12.3. The van der Waals surface area contributed by atoms with Crippen LogP contribution in [0.2, 0.25) is 5.02 Å². The molecular weight excluding hydrogens is 370 g/mol. The minimum Gasteiger partial charge on any atom is -0.465 e. The molecule has 1 amide bonds. The molecule has 27 heavy (non-hydrogen) atoms. The number of halogens is 1. The summed E-state index contributed by atoms with van der Waals surface area (Å²) in [5, 5.41) is 7.59. The number of hydrogen-bond donors (Lipinski definition) is 1. The molecule has 1 aromatic heterocycles. The molecule has 0 spiro atoms. The number of nitrogens with one attached hydrogen (secondary N) is 1. The summed E-state index contributed by atoms with van der Waals surface area (Å²) >= 11 is 5.97. The largest absolute Gasteiger partial charge is 0.465 e. The Labute approximate surface area is 159 Å². The molecule has 8 heteroatoms. The third kappa shape index (κ3) is 4.15. The van der Waals surface area contributed by atoms with Crippen LogP contribution < -0.4 is 10.7 Å². The van der Waals surface area contributed by atoms with E-state index < -0.39 is 5.97 Å². The molecule has 0 unspecified atom stereocenters. The van der Waals surface area contributed by atoms with Crippen molar-refractivity contribution in [3.8, 4) is 0 Å².